The Morgan fingerprint density at radius 2 is 2.00 bits per heavy atom. The molecule has 0 amide bonds. The maximum absolute atomic E-state index is 10.3. The molecular formula is C16H18N4O. The summed E-state index contributed by atoms with van der Waals surface area (Å²) < 4.78 is 0. The fraction of sp³-hybridized carbons (Fsp3) is 0.375. The number of aliphatic hydroxyl groups is 1. The van der Waals surface area contributed by atoms with Crippen molar-refractivity contribution in [1.82, 2.24) is 14.9 Å². The molecule has 1 fully saturated rings. The lowest BCUT2D eigenvalue weighted by Crippen LogP contribution is -2.35. The van der Waals surface area contributed by atoms with Crippen LogP contribution in [-0.4, -0.2) is 38.4 Å². The summed E-state index contributed by atoms with van der Waals surface area (Å²) in [5.74, 6) is 1.25. The van der Waals surface area contributed by atoms with Crippen LogP contribution < -0.4 is 0 Å². The molecule has 0 unspecified atom stereocenters. The van der Waals surface area contributed by atoms with Gasteiger partial charge in [-0.15, -0.1) is 0 Å². The molecule has 0 saturated heterocycles. The number of aliphatic hydroxyl groups excluding tert-OH is 1. The summed E-state index contributed by atoms with van der Waals surface area (Å²) in [6, 6.07) is 8.16. The van der Waals surface area contributed by atoms with Gasteiger partial charge in [0.05, 0.1) is 23.2 Å². The van der Waals surface area contributed by atoms with Crippen LogP contribution in [0.1, 0.15) is 31.5 Å². The third kappa shape index (κ3) is 1.92. The van der Waals surface area contributed by atoms with Crippen LogP contribution in [0.5, 0.6) is 0 Å². The lowest BCUT2D eigenvalue weighted by molar-refractivity contribution is 0.296. The van der Waals surface area contributed by atoms with Crippen LogP contribution in [0.15, 0.2) is 30.0 Å². The minimum Gasteiger partial charge on any atom is -0.510 e. The van der Waals surface area contributed by atoms with Crippen molar-refractivity contribution in [1.29, 1.82) is 5.41 Å². The number of para-hydroxylation sites is 2. The number of nitrogens with one attached hydrogen (secondary N) is 2. The highest BCUT2D eigenvalue weighted by Crippen LogP contribution is 2.33. The van der Waals surface area contributed by atoms with Gasteiger partial charge in [-0.2, -0.15) is 0 Å². The smallest absolute Gasteiger partial charge is 0.145 e. The van der Waals surface area contributed by atoms with Crippen molar-refractivity contribution < 1.29 is 5.11 Å². The minimum absolute atomic E-state index is 0.256. The first kappa shape index (κ1) is 12.4. The zero-order valence-corrected chi connectivity index (χ0v) is 11.8. The highest BCUT2D eigenvalue weighted by molar-refractivity contribution is 6.23. The Labute approximate surface area is 122 Å². The molecule has 3 N–H and O–H groups in total. The second kappa shape index (κ2) is 4.62. The summed E-state index contributed by atoms with van der Waals surface area (Å²) in [6.45, 7) is 0.440. The van der Waals surface area contributed by atoms with Gasteiger partial charge in [-0.25, -0.2) is 4.98 Å². The first-order valence-corrected chi connectivity index (χ1v) is 7.47. The zero-order valence-electron chi connectivity index (χ0n) is 11.8. The van der Waals surface area contributed by atoms with Crippen molar-refractivity contribution in [2.45, 2.75) is 31.7 Å². The van der Waals surface area contributed by atoms with E-state index in [1.54, 1.807) is 0 Å². The number of nitrogens with zero attached hydrogens (tertiary/aromatic N) is 2. The number of rotatable bonds is 2. The Morgan fingerprint density at radius 1 is 1.24 bits per heavy atom. The molecule has 5 heteroatoms. The molecule has 4 rings (SSSR count). The minimum atomic E-state index is 0.256. The monoisotopic (exact) mass is 282 g/mol. The highest BCUT2D eigenvalue weighted by atomic mass is 16.3. The van der Waals surface area contributed by atoms with Crippen LogP contribution >= 0.6 is 0 Å². The van der Waals surface area contributed by atoms with Gasteiger partial charge < -0.3 is 15.0 Å². The van der Waals surface area contributed by atoms with E-state index in [4.69, 9.17) is 5.41 Å². The van der Waals surface area contributed by atoms with E-state index in [9.17, 15) is 5.11 Å². The van der Waals surface area contributed by atoms with Crippen LogP contribution in [-0.2, 0) is 0 Å². The summed E-state index contributed by atoms with van der Waals surface area (Å²) in [5, 5.41) is 18.7. The molecule has 0 spiro atoms. The highest BCUT2D eigenvalue weighted by Gasteiger charge is 2.35. The van der Waals surface area contributed by atoms with Crippen LogP contribution in [0.2, 0.25) is 0 Å². The Bertz CT molecular complexity index is 707. The molecule has 1 saturated carbocycles. The quantitative estimate of drug-likeness (QED) is 0.792. The van der Waals surface area contributed by atoms with E-state index in [1.807, 2.05) is 29.2 Å². The average molecular weight is 282 g/mol. The number of imidazole rings is 1. The third-order valence-electron chi connectivity index (χ3n) is 4.52. The van der Waals surface area contributed by atoms with Crippen LogP contribution in [0.4, 0.5) is 0 Å². The van der Waals surface area contributed by atoms with Crippen molar-refractivity contribution in [3.63, 3.8) is 0 Å². The van der Waals surface area contributed by atoms with Crippen molar-refractivity contribution in [3.8, 4) is 0 Å². The fourth-order valence-electron chi connectivity index (χ4n) is 3.45. The van der Waals surface area contributed by atoms with Crippen molar-refractivity contribution in [2.75, 3.05) is 6.54 Å². The first-order valence-electron chi connectivity index (χ1n) is 7.47. The van der Waals surface area contributed by atoms with E-state index < -0.39 is 0 Å². The standard InChI is InChI=1S/C16H18N4O/c17-15-14(13(21)9-20(15)10-5-1-2-6-10)16-18-11-7-3-4-8-12(11)19-16/h3-4,7-8,10,17,21H,1-2,5-6,9H2,(H,18,19). The number of aromatic nitrogens is 2. The van der Waals surface area contributed by atoms with Crippen LogP contribution in [0, 0.1) is 5.41 Å². The molecule has 0 bridgehead atoms. The number of hydrogen-bond donors (Lipinski definition) is 3. The van der Waals surface area contributed by atoms with Crippen molar-refractivity contribution in [2.24, 2.45) is 0 Å². The maximum atomic E-state index is 10.3. The zero-order chi connectivity index (χ0) is 14.4. The van der Waals surface area contributed by atoms with Crippen molar-refractivity contribution >= 4 is 22.4 Å². The van der Waals surface area contributed by atoms with E-state index in [0.29, 0.717) is 29.8 Å². The van der Waals surface area contributed by atoms with Crippen molar-refractivity contribution in [3.05, 3.63) is 35.8 Å². The lowest BCUT2D eigenvalue weighted by atomic mass is 10.2. The van der Waals surface area contributed by atoms with Gasteiger partial charge in [0.15, 0.2) is 0 Å². The molecule has 2 heterocycles. The van der Waals surface area contributed by atoms with Gasteiger partial charge in [0.2, 0.25) is 0 Å². The van der Waals surface area contributed by atoms with Gasteiger partial charge in [-0.3, -0.25) is 5.41 Å². The summed E-state index contributed by atoms with van der Waals surface area (Å²) in [4.78, 5) is 9.75. The summed E-state index contributed by atoms with van der Waals surface area (Å²) in [5.41, 5.74) is 2.35. The fourth-order valence-corrected chi connectivity index (χ4v) is 3.45. The third-order valence-corrected chi connectivity index (χ3v) is 4.52. The predicted molar refractivity (Wildman–Crippen MR) is 82.3 cm³/mol. The molecule has 1 aromatic carbocycles. The molecule has 1 aliphatic heterocycles. The average Bonchev–Trinajstić information content (AvgIpc) is 3.17. The van der Waals surface area contributed by atoms with E-state index in [0.717, 1.165) is 23.9 Å². The van der Waals surface area contributed by atoms with E-state index in [2.05, 4.69) is 9.97 Å². The molecule has 2 aliphatic rings. The Hall–Kier alpha value is -2.30. The lowest BCUT2D eigenvalue weighted by Gasteiger charge is -2.25. The Balaban J connectivity index is 1.70. The van der Waals surface area contributed by atoms with Gasteiger partial charge in [0, 0.05) is 6.04 Å². The van der Waals surface area contributed by atoms with Gasteiger partial charge >= 0.3 is 0 Å². The molecule has 108 valence electrons. The molecule has 0 radical (unpaired) electrons. The number of aromatic amines is 1. The SMILES string of the molecule is N=C1C(c2nc3ccccc3[nH]2)=C(O)CN1C1CCCC1. The molecule has 21 heavy (non-hydrogen) atoms. The van der Waals surface area contributed by atoms with Gasteiger partial charge in [0.1, 0.15) is 17.4 Å². The summed E-state index contributed by atoms with van der Waals surface area (Å²) in [6.07, 6.45) is 4.66. The molecule has 5 nitrogen and oxygen atoms in total. The normalized spacial score (nSPS) is 20.2. The van der Waals surface area contributed by atoms with E-state index in [1.165, 1.54) is 12.8 Å². The number of H-pyrrole nitrogens is 1. The topological polar surface area (TPSA) is 76.0 Å². The molecule has 1 aliphatic carbocycles. The van der Waals surface area contributed by atoms with Crippen LogP contribution in [0.25, 0.3) is 16.6 Å². The second-order valence-corrected chi connectivity index (χ2v) is 5.84. The number of hydrogen-bond acceptors (Lipinski definition) is 3. The molecule has 1 aromatic heterocycles. The second-order valence-electron chi connectivity index (χ2n) is 5.84. The largest absolute Gasteiger partial charge is 0.510 e. The Kier molecular flexibility index (Phi) is 2.74. The van der Waals surface area contributed by atoms with Gasteiger partial charge in [-0.05, 0) is 25.0 Å². The number of fused-ring (bicyclic) bond motifs is 1. The van der Waals surface area contributed by atoms with Gasteiger partial charge in [0.25, 0.3) is 0 Å². The summed E-state index contributed by atoms with van der Waals surface area (Å²) >= 11 is 0. The first-order chi connectivity index (χ1) is 10.2. The number of amidine groups is 1. The summed E-state index contributed by atoms with van der Waals surface area (Å²) in [7, 11) is 0. The molecular weight excluding hydrogens is 264 g/mol. The number of benzene rings is 1. The molecule has 0 atom stereocenters. The maximum Gasteiger partial charge on any atom is 0.145 e. The van der Waals surface area contributed by atoms with Gasteiger partial charge in [-0.1, -0.05) is 25.0 Å². The Morgan fingerprint density at radius 3 is 2.76 bits per heavy atom. The van der Waals surface area contributed by atoms with E-state index >= 15 is 0 Å². The van der Waals surface area contributed by atoms with Crippen LogP contribution in [0.3, 0.4) is 0 Å². The predicted octanol–water partition coefficient (Wildman–Crippen LogP) is 3.07. The van der Waals surface area contributed by atoms with E-state index in [-0.39, 0.29) is 5.76 Å². The molecule has 2 aromatic rings.